The maximum atomic E-state index is 12.4. The highest BCUT2D eigenvalue weighted by atomic mass is 32.2. The van der Waals surface area contributed by atoms with Gasteiger partial charge >= 0.3 is 10.5 Å². The van der Waals surface area contributed by atoms with Crippen molar-refractivity contribution in [2.24, 2.45) is 7.05 Å². The maximum Gasteiger partial charge on any atom is 0.401 e. The minimum absolute atomic E-state index is 0.0833. The Kier molecular flexibility index (Phi) is 4.80. The van der Waals surface area contributed by atoms with E-state index in [0.717, 1.165) is 20.8 Å². The first-order chi connectivity index (χ1) is 10.1. The molecule has 0 N–H and O–H groups in total. The topological polar surface area (TPSA) is 74.1 Å². The van der Waals surface area contributed by atoms with Crippen molar-refractivity contribution in [3.8, 4) is 0 Å². The minimum Gasteiger partial charge on any atom is -0.610 e. The Morgan fingerprint density at radius 2 is 2.05 bits per heavy atom. The van der Waals surface area contributed by atoms with Crippen molar-refractivity contribution in [3.63, 3.8) is 0 Å². The summed E-state index contributed by atoms with van der Waals surface area (Å²) in [4.78, 5) is 21.6. The molecule has 1 unspecified atom stereocenters. The fourth-order valence-electron chi connectivity index (χ4n) is 1.84. The summed E-state index contributed by atoms with van der Waals surface area (Å²) < 4.78 is 49.9. The molecule has 2 aromatic heterocycles. The molecule has 122 valence electrons. The van der Waals surface area contributed by atoms with Crippen LogP contribution in [0.3, 0.4) is 0 Å². The van der Waals surface area contributed by atoms with Gasteiger partial charge < -0.3 is 4.55 Å². The van der Waals surface area contributed by atoms with Crippen LogP contribution in [0.2, 0.25) is 0 Å². The highest BCUT2D eigenvalue weighted by Crippen LogP contribution is 2.22. The van der Waals surface area contributed by atoms with E-state index < -0.39 is 29.5 Å². The molecule has 0 aliphatic carbocycles. The molecule has 0 saturated carbocycles. The summed E-state index contributed by atoms with van der Waals surface area (Å²) in [6.07, 6.45) is -2.89. The van der Waals surface area contributed by atoms with Crippen molar-refractivity contribution in [2.75, 3.05) is 19.8 Å². The summed E-state index contributed by atoms with van der Waals surface area (Å²) >= 11 is -0.341. The van der Waals surface area contributed by atoms with Gasteiger partial charge in [-0.1, -0.05) is 0 Å². The second kappa shape index (κ2) is 6.14. The lowest BCUT2D eigenvalue weighted by Crippen LogP contribution is -2.33. The second-order valence-electron chi connectivity index (χ2n) is 4.77. The fourth-order valence-corrected chi connectivity index (χ4v) is 3.45. The number of thiazole rings is 1. The van der Waals surface area contributed by atoms with Crippen molar-refractivity contribution in [2.45, 2.75) is 17.1 Å². The zero-order chi connectivity index (χ0) is 16.7. The lowest BCUT2D eigenvalue weighted by atomic mass is 10.4. The average Bonchev–Trinajstić information content (AvgIpc) is 2.77. The Morgan fingerprint density at radius 1 is 1.41 bits per heavy atom. The predicted octanol–water partition coefficient (Wildman–Crippen LogP) is 1.12. The molecule has 0 radical (unpaired) electrons. The molecule has 2 rings (SSSR count). The van der Waals surface area contributed by atoms with Gasteiger partial charge in [0.2, 0.25) is 0 Å². The van der Waals surface area contributed by atoms with Crippen LogP contribution < -0.4 is 5.56 Å². The monoisotopic (exact) mass is 354 g/mol. The number of alkyl halides is 3. The summed E-state index contributed by atoms with van der Waals surface area (Å²) in [5.74, 6) is 0.196. The van der Waals surface area contributed by atoms with Gasteiger partial charge in [0.25, 0.3) is 5.56 Å². The number of fused-ring (bicyclic) bond motifs is 1. The lowest BCUT2D eigenvalue weighted by Gasteiger charge is -2.19. The van der Waals surface area contributed by atoms with Gasteiger partial charge in [-0.15, -0.1) is 0 Å². The van der Waals surface area contributed by atoms with Crippen molar-refractivity contribution >= 4 is 32.9 Å². The number of rotatable bonds is 4. The average molecular weight is 354 g/mol. The van der Waals surface area contributed by atoms with Crippen LogP contribution in [0.4, 0.5) is 13.2 Å². The minimum atomic E-state index is -4.32. The number of halogens is 3. The Balaban J connectivity index is 2.38. The third kappa shape index (κ3) is 3.77. The van der Waals surface area contributed by atoms with Crippen LogP contribution in [-0.2, 0) is 24.8 Å². The molecule has 22 heavy (non-hydrogen) atoms. The smallest absolute Gasteiger partial charge is 0.401 e. The molecule has 0 saturated heterocycles. The molecule has 0 aromatic carbocycles. The van der Waals surface area contributed by atoms with E-state index in [1.165, 1.54) is 20.4 Å². The molecule has 2 heterocycles. The SMILES string of the molecule is CN(Cc1nc2sc([S+](C)[O-])nc2c(=O)n1C)CC(F)(F)F. The van der Waals surface area contributed by atoms with E-state index in [2.05, 4.69) is 9.97 Å². The zero-order valence-corrected chi connectivity index (χ0v) is 13.6. The maximum absolute atomic E-state index is 12.4. The van der Waals surface area contributed by atoms with Crippen LogP contribution >= 0.6 is 11.3 Å². The first-order valence-corrected chi connectivity index (χ1v) is 8.41. The van der Waals surface area contributed by atoms with Crippen molar-refractivity contribution in [1.29, 1.82) is 0 Å². The third-order valence-electron chi connectivity index (χ3n) is 2.82. The van der Waals surface area contributed by atoms with Gasteiger partial charge in [-0.05, 0) is 18.4 Å². The van der Waals surface area contributed by atoms with Crippen molar-refractivity contribution in [3.05, 3.63) is 16.2 Å². The molecule has 11 heteroatoms. The van der Waals surface area contributed by atoms with E-state index in [-0.39, 0.29) is 27.1 Å². The van der Waals surface area contributed by atoms with E-state index in [1.807, 2.05) is 0 Å². The largest absolute Gasteiger partial charge is 0.610 e. The van der Waals surface area contributed by atoms with Crippen LogP contribution in [0.5, 0.6) is 0 Å². The van der Waals surface area contributed by atoms with E-state index in [1.54, 1.807) is 0 Å². The normalized spacial score (nSPS) is 14.0. The quantitative estimate of drug-likeness (QED) is 0.770. The number of hydrogen-bond donors (Lipinski definition) is 0. The molecule has 6 nitrogen and oxygen atoms in total. The van der Waals surface area contributed by atoms with Gasteiger partial charge in [-0.2, -0.15) is 18.2 Å². The third-order valence-corrected chi connectivity index (χ3v) is 5.10. The Labute approximate surface area is 130 Å². The standard InChI is InChI=1S/C11H13F3N4O2S2/c1-17(5-11(12,13)14)4-6-15-8-7(9(19)18(6)2)16-10(21-8)22(3)20/h4-5H2,1-3H3. The molecule has 0 amide bonds. The summed E-state index contributed by atoms with van der Waals surface area (Å²) in [7, 11) is 2.72. The molecule has 0 fully saturated rings. The van der Waals surface area contributed by atoms with Gasteiger partial charge in [-0.3, -0.25) is 14.3 Å². The van der Waals surface area contributed by atoms with Crippen molar-refractivity contribution in [1.82, 2.24) is 19.4 Å². The molecule has 0 bridgehead atoms. The van der Waals surface area contributed by atoms with E-state index in [9.17, 15) is 22.5 Å². The highest BCUT2D eigenvalue weighted by Gasteiger charge is 2.29. The first-order valence-electron chi connectivity index (χ1n) is 6.03. The zero-order valence-electron chi connectivity index (χ0n) is 12.0. The lowest BCUT2D eigenvalue weighted by molar-refractivity contribution is -0.144. The van der Waals surface area contributed by atoms with Gasteiger partial charge in [-0.25, -0.2) is 4.98 Å². The number of nitrogens with zero attached hydrogens (tertiary/aromatic N) is 4. The van der Waals surface area contributed by atoms with Crippen LogP contribution in [0.1, 0.15) is 5.82 Å². The van der Waals surface area contributed by atoms with Crippen LogP contribution in [0, 0.1) is 0 Å². The van der Waals surface area contributed by atoms with Gasteiger partial charge in [0.1, 0.15) is 12.1 Å². The van der Waals surface area contributed by atoms with Gasteiger partial charge in [0, 0.05) is 18.2 Å². The molecule has 2 aromatic rings. The fraction of sp³-hybridized carbons (Fsp3) is 0.545. The molecule has 0 spiro atoms. The highest BCUT2D eigenvalue weighted by molar-refractivity contribution is 7.92. The molecule has 0 aliphatic rings. The van der Waals surface area contributed by atoms with E-state index >= 15 is 0 Å². The predicted molar refractivity (Wildman–Crippen MR) is 77.4 cm³/mol. The molecule has 0 aliphatic heterocycles. The summed E-state index contributed by atoms with van der Waals surface area (Å²) in [6, 6.07) is 0. The summed E-state index contributed by atoms with van der Waals surface area (Å²) in [6.45, 7) is -1.24. The Morgan fingerprint density at radius 3 is 2.59 bits per heavy atom. The van der Waals surface area contributed by atoms with Crippen LogP contribution in [-0.4, -0.2) is 50.0 Å². The van der Waals surface area contributed by atoms with Gasteiger partial charge in [0.05, 0.1) is 13.1 Å². The van der Waals surface area contributed by atoms with E-state index in [4.69, 9.17) is 0 Å². The Bertz CT molecular complexity index is 741. The second-order valence-corrected chi connectivity index (χ2v) is 7.30. The van der Waals surface area contributed by atoms with Crippen LogP contribution in [0.15, 0.2) is 9.13 Å². The van der Waals surface area contributed by atoms with Gasteiger partial charge in [0.15, 0.2) is 10.3 Å². The van der Waals surface area contributed by atoms with Crippen LogP contribution in [0.25, 0.3) is 10.3 Å². The molecular formula is C11H13F3N4O2S2. The Hall–Kier alpha value is -1.17. The molecule has 1 atom stereocenters. The summed E-state index contributed by atoms with van der Waals surface area (Å²) in [5, 5.41) is 0. The van der Waals surface area contributed by atoms with E-state index in [0.29, 0.717) is 0 Å². The number of aromatic nitrogens is 3. The van der Waals surface area contributed by atoms with Crippen molar-refractivity contribution < 1.29 is 17.7 Å². The first kappa shape index (κ1) is 17.2. The molecular weight excluding hydrogens is 341 g/mol. The number of hydrogen-bond acceptors (Lipinski definition) is 6. The summed E-state index contributed by atoms with van der Waals surface area (Å²) in [5.41, 5.74) is -0.381.